The van der Waals surface area contributed by atoms with Crippen LogP contribution in [0.3, 0.4) is 0 Å². The average Bonchev–Trinajstić information content (AvgIpc) is 2.72. The van der Waals surface area contributed by atoms with E-state index in [-0.39, 0.29) is 17.9 Å². The fraction of sp³-hybridized carbons (Fsp3) is 0.600. The first kappa shape index (κ1) is 18.9. The SMILES string of the molecule is CN(C(=O)CCN1CCCCC1C(=O)N1CCOCC1)c1ccccc1. The number of benzene rings is 1. The topological polar surface area (TPSA) is 53.1 Å². The Morgan fingerprint density at radius 2 is 1.85 bits per heavy atom. The van der Waals surface area contributed by atoms with E-state index in [0.29, 0.717) is 39.3 Å². The van der Waals surface area contributed by atoms with Crippen LogP contribution >= 0.6 is 0 Å². The Morgan fingerprint density at radius 3 is 2.58 bits per heavy atom. The maximum absolute atomic E-state index is 12.9. The standard InChI is InChI=1S/C20H29N3O3/c1-21(17-7-3-2-4-8-17)19(24)10-12-22-11-6-5-9-18(22)20(25)23-13-15-26-16-14-23/h2-4,7-8,18H,5-6,9-16H2,1H3. The van der Waals surface area contributed by atoms with Gasteiger partial charge >= 0.3 is 0 Å². The third kappa shape index (κ3) is 4.62. The Hall–Kier alpha value is -1.92. The van der Waals surface area contributed by atoms with Gasteiger partial charge in [-0.3, -0.25) is 14.5 Å². The van der Waals surface area contributed by atoms with E-state index in [1.54, 1.807) is 4.90 Å². The van der Waals surface area contributed by atoms with Crippen molar-refractivity contribution in [3.63, 3.8) is 0 Å². The number of ether oxygens (including phenoxy) is 1. The number of nitrogens with zero attached hydrogens (tertiary/aromatic N) is 3. The molecule has 0 radical (unpaired) electrons. The van der Waals surface area contributed by atoms with Crippen LogP contribution in [0.5, 0.6) is 0 Å². The Labute approximate surface area is 155 Å². The van der Waals surface area contributed by atoms with Crippen LogP contribution in [0.25, 0.3) is 0 Å². The van der Waals surface area contributed by atoms with Gasteiger partial charge in [0.05, 0.1) is 19.3 Å². The van der Waals surface area contributed by atoms with Crippen molar-refractivity contribution in [2.24, 2.45) is 0 Å². The molecular formula is C20H29N3O3. The fourth-order valence-electron chi connectivity index (χ4n) is 3.74. The molecule has 2 saturated heterocycles. The van der Waals surface area contributed by atoms with E-state index >= 15 is 0 Å². The molecule has 2 fully saturated rings. The summed E-state index contributed by atoms with van der Waals surface area (Å²) in [4.78, 5) is 31.3. The average molecular weight is 359 g/mol. The van der Waals surface area contributed by atoms with Crippen molar-refractivity contribution in [1.29, 1.82) is 0 Å². The van der Waals surface area contributed by atoms with Crippen LogP contribution in [0.1, 0.15) is 25.7 Å². The molecule has 0 aromatic heterocycles. The molecule has 1 aromatic carbocycles. The summed E-state index contributed by atoms with van der Waals surface area (Å²) < 4.78 is 5.35. The number of likely N-dealkylation sites (tertiary alicyclic amines) is 1. The van der Waals surface area contributed by atoms with Gasteiger partial charge in [-0.05, 0) is 31.5 Å². The molecule has 1 aromatic rings. The maximum Gasteiger partial charge on any atom is 0.240 e. The van der Waals surface area contributed by atoms with Crippen molar-refractivity contribution in [2.45, 2.75) is 31.7 Å². The first-order chi connectivity index (χ1) is 12.7. The molecule has 26 heavy (non-hydrogen) atoms. The van der Waals surface area contributed by atoms with Crippen LogP contribution in [-0.4, -0.2) is 74.1 Å². The lowest BCUT2D eigenvalue weighted by molar-refractivity contribution is -0.142. The van der Waals surface area contributed by atoms with E-state index in [9.17, 15) is 9.59 Å². The molecule has 2 heterocycles. The lowest BCUT2D eigenvalue weighted by Crippen LogP contribution is -2.54. The van der Waals surface area contributed by atoms with Crippen LogP contribution in [0.4, 0.5) is 5.69 Å². The Kier molecular flexibility index (Phi) is 6.63. The molecule has 0 N–H and O–H groups in total. The van der Waals surface area contributed by atoms with E-state index in [1.165, 1.54) is 0 Å². The van der Waals surface area contributed by atoms with Gasteiger partial charge in [-0.1, -0.05) is 24.6 Å². The first-order valence-corrected chi connectivity index (χ1v) is 9.59. The summed E-state index contributed by atoms with van der Waals surface area (Å²) in [6, 6.07) is 9.59. The van der Waals surface area contributed by atoms with Crippen molar-refractivity contribution in [3.05, 3.63) is 30.3 Å². The molecule has 3 rings (SSSR count). The van der Waals surface area contributed by atoms with Gasteiger partial charge in [-0.25, -0.2) is 0 Å². The maximum atomic E-state index is 12.9. The number of para-hydroxylation sites is 1. The molecule has 142 valence electrons. The van der Waals surface area contributed by atoms with Crippen molar-refractivity contribution in [1.82, 2.24) is 9.80 Å². The molecule has 1 atom stereocenters. The second kappa shape index (κ2) is 9.14. The van der Waals surface area contributed by atoms with E-state index in [1.807, 2.05) is 42.3 Å². The Bertz CT molecular complexity index is 602. The highest BCUT2D eigenvalue weighted by atomic mass is 16.5. The zero-order valence-electron chi connectivity index (χ0n) is 15.6. The van der Waals surface area contributed by atoms with Gasteiger partial charge in [0.25, 0.3) is 0 Å². The summed E-state index contributed by atoms with van der Waals surface area (Å²) in [6.07, 6.45) is 3.49. The number of morpholine rings is 1. The molecule has 0 aliphatic carbocycles. The van der Waals surface area contributed by atoms with Crippen LogP contribution < -0.4 is 4.90 Å². The molecule has 0 saturated carbocycles. The van der Waals surface area contributed by atoms with Crippen LogP contribution in [0, 0.1) is 0 Å². The molecule has 1 unspecified atom stereocenters. The number of hydrogen-bond acceptors (Lipinski definition) is 4. The van der Waals surface area contributed by atoms with E-state index < -0.39 is 0 Å². The highest BCUT2D eigenvalue weighted by Gasteiger charge is 2.32. The zero-order chi connectivity index (χ0) is 18.4. The van der Waals surface area contributed by atoms with Crippen molar-refractivity contribution >= 4 is 17.5 Å². The van der Waals surface area contributed by atoms with Crippen LogP contribution in [-0.2, 0) is 14.3 Å². The normalized spacial score (nSPS) is 21.4. The summed E-state index contributed by atoms with van der Waals surface area (Å²) in [6.45, 7) is 4.13. The van der Waals surface area contributed by atoms with Gasteiger partial charge in [-0.15, -0.1) is 0 Å². The predicted molar refractivity (Wildman–Crippen MR) is 101 cm³/mol. The number of anilines is 1. The first-order valence-electron chi connectivity index (χ1n) is 9.59. The highest BCUT2D eigenvalue weighted by Crippen LogP contribution is 2.20. The summed E-state index contributed by atoms with van der Waals surface area (Å²) in [5, 5.41) is 0. The fourth-order valence-corrected chi connectivity index (χ4v) is 3.74. The third-order valence-electron chi connectivity index (χ3n) is 5.35. The molecule has 0 bridgehead atoms. The predicted octanol–water partition coefficient (Wildman–Crippen LogP) is 1.75. The van der Waals surface area contributed by atoms with Crippen molar-refractivity contribution in [2.75, 3.05) is 51.3 Å². The monoisotopic (exact) mass is 359 g/mol. The number of hydrogen-bond donors (Lipinski definition) is 0. The van der Waals surface area contributed by atoms with E-state index in [0.717, 1.165) is 31.5 Å². The lowest BCUT2D eigenvalue weighted by Gasteiger charge is -2.38. The molecule has 6 nitrogen and oxygen atoms in total. The summed E-state index contributed by atoms with van der Waals surface area (Å²) in [5.41, 5.74) is 0.900. The molecule has 2 aliphatic heterocycles. The van der Waals surface area contributed by atoms with Gasteiger partial charge in [0.15, 0.2) is 0 Å². The molecule has 6 heteroatoms. The van der Waals surface area contributed by atoms with Crippen LogP contribution in [0.2, 0.25) is 0 Å². The summed E-state index contributed by atoms with van der Waals surface area (Å²) in [7, 11) is 1.81. The lowest BCUT2D eigenvalue weighted by atomic mass is 10.00. The number of carbonyl (C=O) groups excluding carboxylic acids is 2. The zero-order valence-corrected chi connectivity index (χ0v) is 15.6. The summed E-state index contributed by atoms with van der Waals surface area (Å²) in [5.74, 6) is 0.288. The second-order valence-corrected chi connectivity index (χ2v) is 7.02. The number of carbonyl (C=O) groups is 2. The highest BCUT2D eigenvalue weighted by molar-refractivity contribution is 5.92. The van der Waals surface area contributed by atoms with Crippen molar-refractivity contribution < 1.29 is 14.3 Å². The largest absolute Gasteiger partial charge is 0.378 e. The van der Waals surface area contributed by atoms with E-state index in [4.69, 9.17) is 4.74 Å². The quantitative estimate of drug-likeness (QED) is 0.804. The second-order valence-electron chi connectivity index (χ2n) is 7.02. The Balaban J connectivity index is 1.56. The minimum atomic E-state index is -0.0864. The number of rotatable bonds is 5. The molecule has 2 amide bonds. The van der Waals surface area contributed by atoms with Gasteiger partial charge in [0, 0.05) is 38.8 Å². The molecular weight excluding hydrogens is 330 g/mol. The van der Waals surface area contributed by atoms with Gasteiger partial charge in [-0.2, -0.15) is 0 Å². The van der Waals surface area contributed by atoms with Gasteiger partial charge < -0.3 is 14.5 Å². The summed E-state index contributed by atoms with van der Waals surface area (Å²) >= 11 is 0. The van der Waals surface area contributed by atoms with Gasteiger partial charge in [0.1, 0.15) is 0 Å². The smallest absolute Gasteiger partial charge is 0.240 e. The van der Waals surface area contributed by atoms with Gasteiger partial charge in [0.2, 0.25) is 11.8 Å². The van der Waals surface area contributed by atoms with Crippen LogP contribution in [0.15, 0.2) is 30.3 Å². The minimum Gasteiger partial charge on any atom is -0.378 e. The molecule has 2 aliphatic rings. The Morgan fingerprint density at radius 1 is 1.12 bits per heavy atom. The minimum absolute atomic E-state index is 0.0827. The molecule has 0 spiro atoms. The number of piperidine rings is 1. The van der Waals surface area contributed by atoms with Crippen molar-refractivity contribution in [3.8, 4) is 0 Å². The number of amides is 2. The third-order valence-corrected chi connectivity index (χ3v) is 5.35. The van der Waals surface area contributed by atoms with E-state index in [2.05, 4.69) is 4.90 Å².